The van der Waals surface area contributed by atoms with Crippen LogP contribution in [0.25, 0.3) is 54.8 Å². The topological polar surface area (TPSA) is 21.7 Å². The lowest BCUT2D eigenvalue weighted by Gasteiger charge is -2.26. The molecule has 8 aromatic carbocycles. The van der Waals surface area contributed by atoms with E-state index in [1.165, 1.54) is 59.8 Å². The molecule has 0 atom stereocenters. The molecule has 0 aliphatic heterocycles. The molecular formula is C56H43NO2S. The number of ether oxygens (including phenoxy) is 2. The highest BCUT2D eigenvalue weighted by molar-refractivity contribution is 7.20. The number of hydrogen-bond donors (Lipinski definition) is 0. The van der Waals surface area contributed by atoms with Crippen LogP contribution in [0.1, 0.15) is 16.7 Å². The summed E-state index contributed by atoms with van der Waals surface area (Å²) >= 11 is 1.85. The zero-order valence-corrected chi connectivity index (χ0v) is 34.4. The number of hydrogen-bond acceptors (Lipinski definition) is 4. The van der Waals surface area contributed by atoms with E-state index < -0.39 is 0 Å². The van der Waals surface area contributed by atoms with E-state index in [4.69, 9.17) is 9.47 Å². The predicted octanol–water partition coefficient (Wildman–Crippen LogP) is 15.5. The van der Waals surface area contributed by atoms with Gasteiger partial charge in [0, 0.05) is 37.9 Å². The Morgan fingerprint density at radius 2 is 0.750 bits per heavy atom. The first-order valence-corrected chi connectivity index (χ1v) is 20.9. The van der Waals surface area contributed by atoms with Crippen molar-refractivity contribution in [3.8, 4) is 54.6 Å². The average Bonchev–Trinajstić information content (AvgIpc) is 3.74. The molecule has 9 aromatic rings. The summed E-state index contributed by atoms with van der Waals surface area (Å²) in [5.41, 5.74) is 15.0. The van der Waals surface area contributed by atoms with Gasteiger partial charge in [0.25, 0.3) is 0 Å². The van der Waals surface area contributed by atoms with Crippen LogP contribution in [-0.4, -0.2) is 14.2 Å². The Morgan fingerprint density at radius 3 is 1.18 bits per heavy atom. The van der Waals surface area contributed by atoms with Gasteiger partial charge in [-0.25, -0.2) is 0 Å². The molecule has 0 amide bonds. The second-order valence-corrected chi connectivity index (χ2v) is 15.5. The Labute approximate surface area is 356 Å². The van der Waals surface area contributed by atoms with Crippen molar-refractivity contribution in [2.75, 3.05) is 19.1 Å². The summed E-state index contributed by atoms with van der Waals surface area (Å²) in [6.45, 7) is 0. The summed E-state index contributed by atoms with van der Waals surface area (Å²) in [6, 6.07) is 77.3. The van der Waals surface area contributed by atoms with Crippen LogP contribution in [0.4, 0.5) is 17.1 Å². The van der Waals surface area contributed by atoms with Crippen LogP contribution in [0.5, 0.6) is 11.5 Å². The third-order valence-corrected chi connectivity index (χ3v) is 12.0. The van der Waals surface area contributed by atoms with Crippen LogP contribution < -0.4 is 14.4 Å². The van der Waals surface area contributed by atoms with Gasteiger partial charge in [-0.1, -0.05) is 158 Å². The third kappa shape index (κ3) is 8.02. The SMILES string of the molecule is COc1ccc(N(c2ccc(OC)cc2)c2ccc(-c3sc(-c4ccc(/C(=C/c5ccccc5)c5ccccc5)cc4)c(-c4ccccc4)c3-c3ccccc3)cc2)cc1. The van der Waals surface area contributed by atoms with Gasteiger partial charge in [-0.3, -0.25) is 0 Å². The van der Waals surface area contributed by atoms with Gasteiger partial charge in [0.15, 0.2) is 0 Å². The highest BCUT2D eigenvalue weighted by Gasteiger charge is 2.24. The van der Waals surface area contributed by atoms with E-state index in [9.17, 15) is 0 Å². The number of rotatable bonds is 12. The molecule has 0 saturated heterocycles. The Hall–Kier alpha value is -7.40. The molecule has 0 bridgehead atoms. The fraction of sp³-hybridized carbons (Fsp3) is 0.0357. The van der Waals surface area contributed by atoms with Crippen molar-refractivity contribution in [3.63, 3.8) is 0 Å². The largest absolute Gasteiger partial charge is 0.497 e. The van der Waals surface area contributed by atoms with Crippen LogP contribution in [-0.2, 0) is 0 Å². The van der Waals surface area contributed by atoms with Gasteiger partial charge in [-0.05, 0) is 111 Å². The van der Waals surface area contributed by atoms with E-state index in [1.54, 1.807) is 14.2 Å². The first-order chi connectivity index (χ1) is 29.7. The number of nitrogens with zero attached hydrogens (tertiary/aromatic N) is 1. The number of anilines is 3. The minimum absolute atomic E-state index is 0.815. The highest BCUT2D eigenvalue weighted by atomic mass is 32.1. The Balaban J connectivity index is 1.18. The molecule has 4 heteroatoms. The maximum atomic E-state index is 5.50. The second-order valence-electron chi connectivity index (χ2n) is 14.4. The smallest absolute Gasteiger partial charge is 0.119 e. The fourth-order valence-electron chi connectivity index (χ4n) is 7.74. The quantitative estimate of drug-likeness (QED) is 0.115. The van der Waals surface area contributed by atoms with Crippen LogP contribution >= 0.6 is 11.3 Å². The van der Waals surface area contributed by atoms with E-state index in [0.717, 1.165) is 34.1 Å². The molecule has 3 nitrogen and oxygen atoms in total. The molecule has 0 fully saturated rings. The van der Waals surface area contributed by atoms with Crippen molar-refractivity contribution in [2.45, 2.75) is 0 Å². The Morgan fingerprint density at radius 1 is 0.383 bits per heavy atom. The molecule has 290 valence electrons. The predicted molar refractivity (Wildman–Crippen MR) is 254 cm³/mol. The third-order valence-electron chi connectivity index (χ3n) is 10.7. The number of benzene rings is 8. The standard InChI is InChI=1S/C56H43NO2S/c1-58-50-35-31-48(32-36-50)57(49-33-37-51(59-2)38-34-49)47-29-27-46(28-30-47)56-54(44-21-13-6-14-22-44)53(43-19-11-5-12-20-43)55(60-56)45-25-23-42(24-26-45)52(41-17-9-4-10-18-41)39-40-15-7-3-8-16-40/h3-39H,1-2H3/b52-39+. The van der Waals surface area contributed by atoms with Gasteiger partial charge >= 0.3 is 0 Å². The lowest BCUT2D eigenvalue weighted by molar-refractivity contribution is 0.415. The summed E-state index contributed by atoms with van der Waals surface area (Å²) in [4.78, 5) is 4.71. The molecule has 9 rings (SSSR count). The summed E-state index contributed by atoms with van der Waals surface area (Å²) in [6.07, 6.45) is 2.28. The van der Waals surface area contributed by atoms with Crippen molar-refractivity contribution in [3.05, 3.63) is 235 Å². The van der Waals surface area contributed by atoms with Crippen LogP contribution in [0.3, 0.4) is 0 Å². The number of thiophene rings is 1. The van der Waals surface area contributed by atoms with E-state index in [0.29, 0.717) is 0 Å². The molecule has 0 radical (unpaired) electrons. The monoisotopic (exact) mass is 793 g/mol. The van der Waals surface area contributed by atoms with Gasteiger partial charge in [-0.15, -0.1) is 11.3 Å². The lowest BCUT2D eigenvalue weighted by Crippen LogP contribution is -2.09. The first-order valence-electron chi connectivity index (χ1n) is 20.1. The number of methoxy groups -OCH3 is 2. The fourth-order valence-corrected chi connectivity index (χ4v) is 9.09. The molecule has 0 aliphatic carbocycles. The summed E-state index contributed by atoms with van der Waals surface area (Å²) in [5.74, 6) is 1.63. The van der Waals surface area contributed by atoms with E-state index >= 15 is 0 Å². The van der Waals surface area contributed by atoms with Gasteiger partial charge in [0.2, 0.25) is 0 Å². The molecule has 1 aromatic heterocycles. The summed E-state index contributed by atoms with van der Waals surface area (Å²) in [5, 5.41) is 0. The van der Waals surface area contributed by atoms with E-state index in [1.807, 2.05) is 35.6 Å². The van der Waals surface area contributed by atoms with Crippen LogP contribution in [0, 0.1) is 0 Å². The van der Waals surface area contributed by atoms with Gasteiger partial charge in [0.1, 0.15) is 11.5 Å². The zero-order chi connectivity index (χ0) is 40.7. The molecule has 0 unspecified atom stereocenters. The van der Waals surface area contributed by atoms with Crippen molar-refractivity contribution in [1.82, 2.24) is 0 Å². The van der Waals surface area contributed by atoms with Gasteiger partial charge in [0.05, 0.1) is 14.2 Å². The Kier molecular flexibility index (Phi) is 11.2. The van der Waals surface area contributed by atoms with Crippen molar-refractivity contribution in [1.29, 1.82) is 0 Å². The van der Waals surface area contributed by atoms with Gasteiger partial charge < -0.3 is 14.4 Å². The van der Waals surface area contributed by atoms with Crippen molar-refractivity contribution < 1.29 is 9.47 Å². The average molecular weight is 794 g/mol. The minimum atomic E-state index is 0.815. The maximum Gasteiger partial charge on any atom is 0.119 e. The van der Waals surface area contributed by atoms with Crippen LogP contribution in [0.15, 0.2) is 218 Å². The molecular weight excluding hydrogens is 751 g/mol. The lowest BCUT2D eigenvalue weighted by atomic mass is 9.90. The molecule has 60 heavy (non-hydrogen) atoms. The highest BCUT2D eigenvalue weighted by Crippen LogP contribution is 2.52. The maximum absolute atomic E-state index is 5.50. The molecule has 0 aliphatic rings. The molecule has 1 heterocycles. The molecule has 0 N–H and O–H groups in total. The van der Waals surface area contributed by atoms with E-state index in [-0.39, 0.29) is 0 Å². The van der Waals surface area contributed by atoms with Crippen LogP contribution in [0.2, 0.25) is 0 Å². The van der Waals surface area contributed by atoms with Gasteiger partial charge in [-0.2, -0.15) is 0 Å². The molecule has 0 saturated carbocycles. The zero-order valence-electron chi connectivity index (χ0n) is 33.5. The van der Waals surface area contributed by atoms with E-state index in [2.05, 4.69) is 205 Å². The minimum Gasteiger partial charge on any atom is -0.497 e. The van der Waals surface area contributed by atoms with Crippen molar-refractivity contribution >= 4 is 40.0 Å². The second kappa shape index (κ2) is 17.6. The van der Waals surface area contributed by atoms with Crippen molar-refractivity contribution in [2.24, 2.45) is 0 Å². The Bertz CT molecular complexity index is 2770. The summed E-state index contributed by atoms with van der Waals surface area (Å²) in [7, 11) is 3.39. The molecule has 0 spiro atoms. The normalized spacial score (nSPS) is 11.3. The summed E-state index contributed by atoms with van der Waals surface area (Å²) < 4.78 is 11.0. The first kappa shape index (κ1) is 38.1.